The number of rotatable bonds is 3. The molecule has 22 heavy (non-hydrogen) atoms. The van der Waals surface area contributed by atoms with Gasteiger partial charge in [-0.05, 0) is 57.3 Å². The molecule has 0 radical (unpaired) electrons. The van der Waals surface area contributed by atoms with E-state index in [1.807, 2.05) is 0 Å². The molecule has 0 aliphatic carbocycles. The first-order valence-corrected chi connectivity index (χ1v) is 8.09. The molecule has 0 amide bonds. The Morgan fingerprint density at radius 3 is 2.55 bits per heavy atom. The number of thiocarbonyl (C=S) groups is 1. The van der Waals surface area contributed by atoms with Gasteiger partial charge in [0.2, 0.25) is 0 Å². The summed E-state index contributed by atoms with van der Waals surface area (Å²) in [5, 5.41) is 9.68. The van der Waals surface area contributed by atoms with Crippen molar-refractivity contribution in [3.63, 3.8) is 0 Å². The topological polar surface area (TPSA) is 29.0 Å². The zero-order chi connectivity index (χ0) is 15.7. The zero-order valence-electron chi connectivity index (χ0n) is 13.2. The molecular formula is C18H21N3S. The minimum atomic E-state index is 0.325. The summed E-state index contributed by atoms with van der Waals surface area (Å²) in [7, 11) is 0. The molecule has 1 heterocycles. The number of fused-ring (bicyclic) bond motifs is 3. The van der Waals surface area contributed by atoms with Crippen molar-refractivity contribution in [2.75, 3.05) is 5.32 Å². The lowest BCUT2D eigenvalue weighted by molar-refractivity contribution is 0.739. The lowest BCUT2D eigenvalue weighted by Crippen LogP contribution is -2.33. The minimum Gasteiger partial charge on any atom is -0.360 e. The van der Waals surface area contributed by atoms with Gasteiger partial charge in [0.15, 0.2) is 5.11 Å². The SMILES string of the molecule is CCn1c2ccccc2c2cc(NC(=S)NC(C)C)ccc21. The van der Waals surface area contributed by atoms with E-state index in [4.69, 9.17) is 12.2 Å². The van der Waals surface area contributed by atoms with Crippen LogP contribution in [0.4, 0.5) is 5.69 Å². The molecule has 0 atom stereocenters. The molecule has 3 aromatic rings. The van der Waals surface area contributed by atoms with E-state index in [0.29, 0.717) is 11.2 Å². The van der Waals surface area contributed by atoms with Gasteiger partial charge in [0.1, 0.15) is 0 Å². The van der Waals surface area contributed by atoms with Gasteiger partial charge in [-0.3, -0.25) is 0 Å². The predicted molar refractivity (Wildman–Crippen MR) is 99.6 cm³/mol. The number of nitrogens with one attached hydrogen (secondary N) is 2. The molecule has 114 valence electrons. The number of hydrogen-bond donors (Lipinski definition) is 2. The van der Waals surface area contributed by atoms with Crippen LogP contribution in [0.2, 0.25) is 0 Å². The van der Waals surface area contributed by atoms with E-state index in [1.54, 1.807) is 0 Å². The zero-order valence-corrected chi connectivity index (χ0v) is 14.0. The Morgan fingerprint density at radius 2 is 1.82 bits per heavy atom. The fourth-order valence-electron chi connectivity index (χ4n) is 2.90. The molecule has 0 fully saturated rings. The summed E-state index contributed by atoms with van der Waals surface area (Å²) in [5.74, 6) is 0. The molecule has 0 spiro atoms. The van der Waals surface area contributed by atoms with Crippen LogP contribution in [-0.2, 0) is 6.54 Å². The Bertz CT molecular complexity index is 833. The molecule has 3 rings (SSSR count). The third kappa shape index (κ3) is 2.66. The van der Waals surface area contributed by atoms with Crippen LogP contribution in [-0.4, -0.2) is 15.7 Å². The Balaban J connectivity index is 2.06. The number of para-hydroxylation sites is 1. The molecule has 2 N–H and O–H groups in total. The highest BCUT2D eigenvalue weighted by atomic mass is 32.1. The maximum atomic E-state index is 5.33. The monoisotopic (exact) mass is 311 g/mol. The molecule has 4 heteroatoms. The van der Waals surface area contributed by atoms with Crippen LogP contribution in [0.5, 0.6) is 0 Å². The van der Waals surface area contributed by atoms with Gasteiger partial charge in [0, 0.05) is 40.1 Å². The van der Waals surface area contributed by atoms with Crippen LogP contribution >= 0.6 is 12.2 Å². The van der Waals surface area contributed by atoms with Gasteiger partial charge in [-0.1, -0.05) is 18.2 Å². The first-order valence-electron chi connectivity index (χ1n) is 7.68. The Hall–Kier alpha value is -2.07. The Kier molecular flexibility index (Phi) is 4.03. The van der Waals surface area contributed by atoms with Gasteiger partial charge in [0.25, 0.3) is 0 Å². The third-order valence-electron chi connectivity index (χ3n) is 3.77. The normalized spacial score (nSPS) is 11.3. The van der Waals surface area contributed by atoms with E-state index in [1.165, 1.54) is 21.8 Å². The van der Waals surface area contributed by atoms with Crippen molar-refractivity contribution in [1.29, 1.82) is 0 Å². The maximum Gasteiger partial charge on any atom is 0.170 e. The van der Waals surface area contributed by atoms with Gasteiger partial charge in [-0.15, -0.1) is 0 Å². The van der Waals surface area contributed by atoms with Gasteiger partial charge in [-0.2, -0.15) is 0 Å². The molecule has 0 aliphatic rings. The van der Waals surface area contributed by atoms with Crippen molar-refractivity contribution in [3.05, 3.63) is 42.5 Å². The number of aryl methyl sites for hydroxylation is 1. The molecule has 0 saturated heterocycles. The summed E-state index contributed by atoms with van der Waals surface area (Å²) in [5.41, 5.74) is 3.56. The predicted octanol–water partition coefficient (Wildman–Crippen LogP) is 4.51. The van der Waals surface area contributed by atoms with Crippen LogP contribution in [0.3, 0.4) is 0 Å². The minimum absolute atomic E-state index is 0.325. The van der Waals surface area contributed by atoms with Crippen LogP contribution in [0.25, 0.3) is 21.8 Å². The smallest absolute Gasteiger partial charge is 0.170 e. The van der Waals surface area contributed by atoms with E-state index in [2.05, 4.69) is 78.4 Å². The summed E-state index contributed by atoms with van der Waals surface area (Å²) in [4.78, 5) is 0. The first kappa shape index (κ1) is 14.9. The van der Waals surface area contributed by atoms with E-state index < -0.39 is 0 Å². The number of benzene rings is 2. The molecular weight excluding hydrogens is 290 g/mol. The van der Waals surface area contributed by atoms with E-state index in [-0.39, 0.29) is 0 Å². The average Bonchev–Trinajstić information content (AvgIpc) is 2.79. The largest absolute Gasteiger partial charge is 0.360 e. The highest BCUT2D eigenvalue weighted by Crippen LogP contribution is 2.30. The summed E-state index contributed by atoms with van der Waals surface area (Å²) in [6.07, 6.45) is 0. The lowest BCUT2D eigenvalue weighted by atomic mass is 10.1. The van der Waals surface area contributed by atoms with Crippen LogP contribution < -0.4 is 10.6 Å². The molecule has 0 bridgehead atoms. The second-order valence-electron chi connectivity index (χ2n) is 5.75. The summed E-state index contributed by atoms with van der Waals surface area (Å²) >= 11 is 5.33. The van der Waals surface area contributed by atoms with Crippen LogP contribution in [0.1, 0.15) is 20.8 Å². The van der Waals surface area contributed by atoms with Crippen molar-refractivity contribution in [3.8, 4) is 0 Å². The number of aromatic nitrogens is 1. The van der Waals surface area contributed by atoms with Crippen LogP contribution in [0.15, 0.2) is 42.5 Å². The number of nitrogens with zero attached hydrogens (tertiary/aromatic N) is 1. The van der Waals surface area contributed by atoms with Gasteiger partial charge in [-0.25, -0.2) is 0 Å². The fourth-order valence-corrected chi connectivity index (χ4v) is 3.26. The van der Waals surface area contributed by atoms with Gasteiger partial charge < -0.3 is 15.2 Å². The third-order valence-corrected chi connectivity index (χ3v) is 3.99. The second-order valence-corrected chi connectivity index (χ2v) is 6.15. The standard InChI is InChI=1S/C18H21N3S/c1-4-21-16-8-6-5-7-14(16)15-11-13(9-10-17(15)21)20-18(22)19-12(2)3/h5-12H,4H2,1-3H3,(H2,19,20,22). The van der Waals surface area contributed by atoms with E-state index in [9.17, 15) is 0 Å². The molecule has 3 nitrogen and oxygen atoms in total. The molecule has 2 aromatic carbocycles. The van der Waals surface area contributed by atoms with Crippen molar-refractivity contribution in [2.45, 2.75) is 33.4 Å². The highest BCUT2D eigenvalue weighted by molar-refractivity contribution is 7.80. The van der Waals surface area contributed by atoms with E-state index in [0.717, 1.165) is 12.2 Å². The Labute approximate surface area is 136 Å². The van der Waals surface area contributed by atoms with Crippen molar-refractivity contribution in [1.82, 2.24) is 9.88 Å². The quantitative estimate of drug-likeness (QED) is 0.697. The van der Waals surface area contributed by atoms with Gasteiger partial charge in [0.05, 0.1) is 0 Å². The second kappa shape index (κ2) is 5.97. The van der Waals surface area contributed by atoms with Gasteiger partial charge >= 0.3 is 0 Å². The lowest BCUT2D eigenvalue weighted by Gasteiger charge is -2.13. The Morgan fingerprint density at radius 1 is 1.09 bits per heavy atom. The van der Waals surface area contributed by atoms with Crippen molar-refractivity contribution in [2.24, 2.45) is 0 Å². The molecule has 0 aliphatic heterocycles. The summed E-state index contributed by atoms with van der Waals surface area (Å²) < 4.78 is 2.35. The summed E-state index contributed by atoms with van der Waals surface area (Å²) in [6.45, 7) is 7.29. The van der Waals surface area contributed by atoms with Crippen molar-refractivity contribution < 1.29 is 0 Å². The average molecular weight is 311 g/mol. The number of anilines is 1. The fraction of sp³-hybridized carbons (Fsp3) is 0.278. The maximum absolute atomic E-state index is 5.33. The van der Waals surface area contributed by atoms with E-state index >= 15 is 0 Å². The molecule has 0 unspecified atom stereocenters. The number of hydrogen-bond acceptors (Lipinski definition) is 1. The first-order chi connectivity index (χ1) is 10.6. The summed E-state index contributed by atoms with van der Waals surface area (Å²) in [6, 6.07) is 15.3. The molecule has 1 aromatic heterocycles. The highest BCUT2D eigenvalue weighted by Gasteiger charge is 2.10. The van der Waals surface area contributed by atoms with Crippen LogP contribution in [0, 0.1) is 0 Å². The molecule has 0 saturated carbocycles. The van der Waals surface area contributed by atoms with Crippen molar-refractivity contribution >= 4 is 44.8 Å².